The quantitative estimate of drug-likeness (QED) is 0.650. The van der Waals surface area contributed by atoms with Gasteiger partial charge in [-0.3, -0.25) is 9.58 Å². The predicted molar refractivity (Wildman–Crippen MR) is 81.7 cm³/mol. The third kappa shape index (κ3) is 4.26. The lowest BCUT2D eigenvalue weighted by atomic mass is 10.1. The summed E-state index contributed by atoms with van der Waals surface area (Å²) in [6.45, 7) is 1.61. The van der Waals surface area contributed by atoms with Crippen LogP contribution in [0.15, 0.2) is 36.7 Å². The molecule has 0 radical (unpaired) electrons. The van der Waals surface area contributed by atoms with Gasteiger partial charge in [-0.1, -0.05) is 6.07 Å². The van der Waals surface area contributed by atoms with Crippen LogP contribution in [0.3, 0.4) is 0 Å². The Morgan fingerprint density at radius 3 is 2.64 bits per heavy atom. The molecule has 2 rings (SSSR count). The van der Waals surface area contributed by atoms with E-state index >= 15 is 0 Å². The molecule has 0 atom stereocenters. The molecular formula is C16H19N3O3. The van der Waals surface area contributed by atoms with Gasteiger partial charge in [0.25, 0.3) is 0 Å². The van der Waals surface area contributed by atoms with Crippen molar-refractivity contribution in [1.29, 1.82) is 0 Å². The fourth-order valence-corrected chi connectivity index (χ4v) is 2.30. The van der Waals surface area contributed by atoms with E-state index in [4.69, 9.17) is 4.74 Å². The summed E-state index contributed by atoms with van der Waals surface area (Å²) in [6.07, 6.45) is 5.22. The first-order valence-electron chi connectivity index (χ1n) is 6.99. The summed E-state index contributed by atoms with van der Waals surface area (Å²) in [5.41, 5.74) is 2.02. The molecule has 0 aliphatic rings. The lowest BCUT2D eigenvalue weighted by Crippen LogP contribution is -2.27. The summed E-state index contributed by atoms with van der Waals surface area (Å²) >= 11 is 0. The normalized spacial score (nSPS) is 10.6. The van der Waals surface area contributed by atoms with Gasteiger partial charge in [0.05, 0.1) is 26.7 Å². The molecular weight excluding hydrogens is 282 g/mol. The van der Waals surface area contributed by atoms with Gasteiger partial charge in [0.1, 0.15) is 18.3 Å². The highest BCUT2D eigenvalue weighted by Gasteiger charge is 2.09. The van der Waals surface area contributed by atoms with Gasteiger partial charge in [0.15, 0.2) is 0 Å². The van der Waals surface area contributed by atoms with Crippen LogP contribution in [0.1, 0.15) is 11.1 Å². The van der Waals surface area contributed by atoms with E-state index in [2.05, 4.69) is 5.10 Å². The number of carbonyl (C=O) groups excluding carboxylic acids is 2. The van der Waals surface area contributed by atoms with Crippen LogP contribution >= 0.6 is 0 Å². The van der Waals surface area contributed by atoms with Crippen LogP contribution in [0, 0.1) is 0 Å². The first-order valence-corrected chi connectivity index (χ1v) is 6.99. The first kappa shape index (κ1) is 15.9. The van der Waals surface area contributed by atoms with Crippen LogP contribution in [-0.4, -0.2) is 47.5 Å². The van der Waals surface area contributed by atoms with E-state index in [-0.39, 0.29) is 13.1 Å². The van der Waals surface area contributed by atoms with Gasteiger partial charge in [-0.15, -0.1) is 0 Å². The minimum atomic E-state index is 0.235. The van der Waals surface area contributed by atoms with Gasteiger partial charge < -0.3 is 14.3 Å². The number of nitrogens with zero attached hydrogens (tertiary/aromatic N) is 3. The summed E-state index contributed by atoms with van der Waals surface area (Å²) in [7, 11) is 1.63. The van der Waals surface area contributed by atoms with Crippen molar-refractivity contribution >= 4 is 12.6 Å². The summed E-state index contributed by atoms with van der Waals surface area (Å²) in [4.78, 5) is 23.1. The van der Waals surface area contributed by atoms with E-state index in [0.29, 0.717) is 13.1 Å². The number of benzene rings is 1. The Labute approximate surface area is 129 Å². The second-order valence-electron chi connectivity index (χ2n) is 4.88. The molecule has 0 amide bonds. The van der Waals surface area contributed by atoms with E-state index in [1.54, 1.807) is 18.2 Å². The molecule has 0 N–H and O–H groups in total. The minimum absolute atomic E-state index is 0.235. The third-order valence-electron chi connectivity index (χ3n) is 3.31. The molecule has 116 valence electrons. The van der Waals surface area contributed by atoms with Crippen LogP contribution in [0.4, 0.5) is 0 Å². The molecule has 0 saturated carbocycles. The fourth-order valence-electron chi connectivity index (χ4n) is 2.30. The maximum Gasteiger partial charge on any atom is 0.134 e. The van der Waals surface area contributed by atoms with E-state index in [1.807, 2.05) is 35.1 Å². The number of aromatic nitrogens is 2. The number of hydrogen-bond donors (Lipinski definition) is 0. The lowest BCUT2D eigenvalue weighted by molar-refractivity contribution is -0.111. The summed E-state index contributed by atoms with van der Waals surface area (Å²) in [6, 6.07) is 7.72. The second kappa shape index (κ2) is 8.09. The summed E-state index contributed by atoms with van der Waals surface area (Å²) in [5, 5.41) is 4.19. The largest absolute Gasteiger partial charge is 0.496 e. The van der Waals surface area contributed by atoms with Crippen LogP contribution in [-0.2, 0) is 22.7 Å². The molecule has 0 bridgehead atoms. The highest BCUT2D eigenvalue weighted by atomic mass is 16.5. The van der Waals surface area contributed by atoms with Gasteiger partial charge in [0, 0.05) is 24.5 Å². The van der Waals surface area contributed by atoms with Crippen molar-refractivity contribution in [2.45, 2.75) is 13.1 Å². The monoisotopic (exact) mass is 301 g/mol. The Balaban J connectivity index is 2.18. The van der Waals surface area contributed by atoms with Crippen molar-refractivity contribution in [1.82, 2.24) is 14.7 Å². The predicted octanol–water partition coefficient (Wildman–Crippen LogP) is 1.14. The van der Waals surface area contributed by atoms with Crippen molar-refractivity contribution in [3.8, 4) is 5.75 Å². The fraction of sp³-hybridized carbons (Fsp3) is 0.312. The summed E-state index contributed by atoms with van der Waals surface area (Å²) in [5.74, 6) is 0.788. The Kier molecular flexibility index (Phi) is 5.85. The molecule has 0 aliphatic heterocycles. The zero-order valence-electron chi connectivity index (χ0n) is 12.5. The number of hydrogen-bond acceptors (Lipinski definition) is 5. The smallest absolute Gasteiger partial charge is 0.134 e. The standard InChI is InChI=1S/C16H19N3O3/c1-22-16-4-3-14(12-18(7-9-20)8-10-21)11-15(16)13-19-6-2-5-17-19/h2-6,9-11H,7-8,12-13H2,1H3. The molecule has 0 aliphatic carbocycles. The van der Waals surface area contributed by atoms with Crippen LogP contribution in [0.5, 0.6) is 5.75 Å². The second-order valence-corrected chi connectivity index (χ2v) is 4.88. The maximum atomic E-state index is 10.7. The lowest BCUT2D eigenvalue weighted by Gasteiger charge is -2.18. The van der Waals surface area contributed by atoms with Crippen molar-refractivity contribution in [3.63, 3.8) is 0 Å². The van der Waals surface area contributed by atoms with Gasteiger partial charge in [-0.05, 0) is 23.8 Å². The average molecular weight is 301 g/mol. The Morgan fingerprint density at radius 2 is 2.05 bits per heavy atom. The molecule has 1 heterocycles. The Bertz CT molecular complexity index is 601. The molecule has 0 unspecified atom stereocenters. The van der Waals surface area contributed by atoms with Crippen LogP contribution in [0.25, 0.3) is 0 Å². The Hall–Kier alpha value is -2.47. The van der Waals surface area contributed by atoms with Crippen LogP contribution < -0.4 is 4.74 Å². The SMILES string of the molecule is COc1ccc(CN(CC=O)CC=O)cc1Cn1cccn1. The molecule has 0 spiro atoms. The molecule has 2 aromatic rings. The minimum Gasteiger partial charge on any atom is -0.496 e. The van der Waals surface area contributed by atoms with E-state index in [1.165, 1.54) is 0 Å². The Morgan fingerprint density at radius 1 is 1.27 bits per heavy atom. The third-order valence-corrected chi connectivity index (χ3v) is 3.31. The zero-order chi connectivity index (χ0) is 15.8. The number of methoxy groups -OCH3 is 1. The number of ether oxygens (including phenoxy) is 1. The van der Waals surface area contributed by atoms with E-state index in [0.717, 1.165) is 29.4 Å². The van der Waals surface area contributed by atoms with Crippen molar-refractivity contribution in [2.75, 3.05) is 20.2 Å². The van der Waals surface area contributed by atoms with E-state index < -0.39 is 0 Å². The van der Waals surface area contributed by atoms with Gasteiger partial charge in [-0.25, -0.2) is 0 Å². The summed E-state index contributed by atoms with van der Waals surface area (Å²) < 4.78 is 7.20. The van der Waals surface area contributed by atoms with Gasteiger partial charge >= 0.3 is 0 Å². The zero-order valence-corrected chi connectivity index (χ0v) is 12.5. The highest BCUT2D eigenvalue weighted by Crippen LogP contribution is 2.21. The molecule has 1 aromatic carbocycles. The molecule has 1 aromatic heterocycles. The number of rotatable bonds is 9. The molecule has 0 fully saturated rings. The molecule has 0 saturated heterocycles. The average Bonchev–Trinajstić information content (AvgIpc) is 3.01. The van der Waals surface area contributed by atoms with Crippen molar-refractivity contribution < 1.29 is 14.3 Å². The molecule has 6 nitrogen and oxygen atoms in total. The van der Waals surface area contributed by atoms with E-state index in [9.17, 15) is 9.59 Å². The van der Waals surface area contributed by atoms with Gasteiger partial charge in [0.2, 0.25) is 0 Å². The maximum absolute atomic E-state index is 10.7. The topological polar surface area (TPSA) is 64.4 Å². The molecule has 6 heteroatoms. The number of carbonyl (C=O) groups is 2. The van der Waals surface area contributed by atoms with Gasteiger partial charge in [-0.2, -0.15) is 5.10 Å². The van der Waals surface area contributed by atoms with Crippen molar-refractivity contribution in [3.05, 3.63) is 47.8 Å². The highest BCUT2D eigenvalue weighted by molar-refractivity contribution is 5.56. The molecule has 22 heavy (non-hydrogen) atoms. The number of aldehydes is 2. The first-order chi connectivity index (χ1) is 10.8. The van der Waals surface area contributed by atoms with Crippen molar-refractivity contribution in [2.24, 2.45) is 0 Å². The van der Waals surface area contributed by atoms with Crippen LogP contribution in [0.2, 0.25) is 0 Å².